The van der Waals surface area contributed by atoms with Gasteiger partial charge in [-0.3, -0.25) is 4.79 Å². The number of hydrogen-bond acceptors (Lipinski definition) is 4. The van der Waals surface area contributed by atoms with Gasteiger partial charge >= 0.3 is 5.97 Å². The lowest BCUT2D eigenvalue weighted by atomic mass is 9.88. The Balaban J connectivity index is 5.17. The minimum Gasteiger partial charge on any atom is -0.480 e. The van der Waals surface area contributed by atoms with Gasteiger partial charge in [-0.1, -0.05) is 27.7 Å². The molecule has 2 N–H and O–H groups in total. The van der Waals surface area contributed by atoms with Crippen molar-refractivity contribution in [2.45, 2.75) is 45.4 Å². The van der Waals surface area contributed by atoms with Gasteiger partial charge in [-0.25, -0.2) is 8.42 Å². The predicted octanol–water partition coefficient (Wildman–Crippen LogP) is 0.707. The van der Waals surface area contributed by atoms with E-state index in [-0.39, 0.29) is 6.42 Å². The van der Waals surface area contributed by atoms with Gasteiger partial charge in [0.1, 0.15) is 6.04 Å². The molecule has 0 saturated carbocycles. The third-order valence-electron chi connectivity index (χ3n) is 2.28. The maximum atomic E-state index is 11.8. The number of nitriles is 1. The highest BCUT2D eigenvalue weighted by atomic mass is 32.2. The molecule has 0 aromatic rings. The van der Waals surface area contributed by atoms with E-state index in [1.54, 1.807) is 33.8 Å². The molecule has 17 heavy (non-hydrogen) atoms. The minimum atomic E-state index is -3.94. The summed E-state index contributed by atoms with van der Waals surface area (Å²) < 4.78 is 25.6. The van der Waals surface area contributed by atoms with Crippen LogP contribution in [0.4, 0.5) is 0 Å². The van der Waals surface area contributed by atoms with E-state index in [4.69, 9.17) is 10.4 Å². The lowest BCUT2D eigenvalue weighted by Crippen LogP contribution is -2.51. The highest BCUT2D eigenvalue weighted by Gasteiger charge is 2.37. The van der Waals surface area contributed by atoms with Crippen LogP contribution in [-0.4, -0.2) is 30.8 Å². The molecule has 0 bridgehead atoms. The number of aliphatic carboxylic acids is 1. The summed E-state index contributed by atoms with van der Waals surface area (Å²) in [5, 5.41) is 16.5. The quantitative estimate of drug-likeness (QED) is 0.758. The second-order valence-corrected chi connectivity index (χ2v) is 6.72. The average molecular weight is 262 g/mol. The first kappa shape index (κ1) is 15.9. The molecule has 0 saturated heterocycles. The third-order valence-corrected chi connectivity index (χ3v) is 4.04. The summed E-state index contributed by atoms with van der Waals surface area (Å²) in [6, 6.07) is 0.390. The summed E-state index contributed by atoms with van der Waals surface area (Å²) in [6.07, 6.45) is 0.113. The zero-order valence-corrected chi connectivity index (χ0v) is 11.2. The lowest BCUT2D eigenvalue weighted by Gasteiger charge is -2.28. The van der Waals surface area contributed by atoms with E-state index in [9.17, 15) is 13.2 Å². The van der Waals surface area contributed by atoms with Crippen LogP contribution in [-0.2, 0) is 14.8 Å². The van der Waals surface area contributed by atoms with E-state index in [0.29, 0.717) is 0 Å². The molecule has 98 valence electrons. The Hall–Kier alpha value is -1.13. The molecule has 1 unspecified atom stereocenters. The number of carboxylic acid groups (broad SMARTS) is 1. The van der Waals surface area contributed by atoms with Crippen molar-refractivity contribution >= 4 is 16.0 Å². The number of carbonyl (C=O) groups is 1. The van der Waals surface area contributed by atoms with Gasteiger partial charge in [0, 0.05) is 0 Å². The van der Waals surface area contributed by atoms with E-state index >= 15 is 0 Å². The molecule has 0 aliphatic rings. The molecule has 2 atom stereocenters. The van der Waals surface area contributed by atoms with Gasteiger partial charge in [0.05, 0.1) is 6.07 Å². The Kier molecular flexibility index (Phi) is 5.11. The van der Waals surface area contributed by atoms with Crippen molar-refractivity contribution in [3.05, 3.63) is 0 Å². The maximum Gasteiger partial charge on any atom is 0.322 e. The Morgan fingerprint density at radius 2 is 1.94 bits per heavy atom. The number of rotatable bonds is 5. The smallest absolute Gasteiger partial charge is 0.322 e. The van der Waals surface area contributed by atoms with Crippen LogP contribution >= 0.6 is 0 Å². The monoisotopic (exact) mass is 262 g/mol. The standard InChI is InChI=1S/C10H18N2O4S/c1-5-7(6-11)17(15,16)12-8(9(13)14)10(2,3)4/h7-8,12H,5H2,1-4H3,(H,13,14)/t7?,8-/m1/s1. The zero-order valence-electron chi connectivity index (χ0n) is 10.4. The Morgan fingerprint density at radius 3 is 2.18 bits per heavy atom. The first-order chi connectivity index (χ1) is 7.56. The molecule has 0 fully saturated rings. The maximum absolute atomic E-state index is 11.8. The van der Waals surface area contributed by atoms with Gasteiger partial charge in [-0.05, 0) is 11.8 Å². The Morgan fingerprint density at radius 1 is 1.47 bits per heavy atom. The number of nitrogens with zero attached hydrogens (tertiary/aromatic N) is 1. The predicted molar refractivity (Wildman–Crippen MR) is 62.6 cm³/mol. The van der Waals surface area contributed by atoms with Gasteiger partial charge in [0.25, 0.3) is 0 Å². The van der Waals surface area contributed by atoms with Crippen LogP contribution in [0.15, 0.2) is 0 Å². The molecular formula is C10H18N2O4S. The fourth-order valence-electron chi connectivity index (χ4n) is 1.22. The van der Waals surface area contributed by atoms with Crippen LogP contribution in [0.2, 0.25) is 0 Å². The largest absolute Gasteiger partial charge is 0.480 e. The van der Waals surface area contributed by atoms with Gasteiger partial charge in [0.2, 0.25) is 10.0 Å². The van der Waals surface area contributed by atoms with Gasteiger partial charge in [-0.2, -0.15) is 9.98 Å². The molecule has 0 heterocycles. The molecular weight excluding hydrogens is 244 g/mol. The van der Waals surface area contributed by atoms with E-state index in [0.717, 1.165) is 0 Å². The van der Waals surface area contributed by atoms with Crippen LogP contribution in [0.25, 0.3) is 0 Å². The van der Waals surface area contributed by atoms with E-state index in [1.807, 2.05) is 0 Å². The van der Waals surface area contributed by atoms with Crippen molar-refractivity contribution in [3.8, 4) is 6.07 Å². The van der Waals surface area contributed by atoms with E-state index < -0.39 is 32.7 Å². The minimum absolute atomic E-state index is 0.113. The van der Waals surface area contributed by atoms with Crippen molar-refractivity contribution in [2.24, 2.45) is 5.41 Å². The molecule has 7 heteroatoms. The normalized spacial score (nSPS) is 15.9. The lowest BCUT2D eigenvalue weighted by molar-refractivity contribution is -0.141. The van der Waals surface area contributed by atoms with Gasteiger partial charge < -0.3 is 5.11 Å². The molecule has 0 aliphatic carbocycles. The Labute approximate surface area is 102 Å². The summed E-state index contributed by atoms with van der Waals surface area (Å²) in [4.78, 5) is 11.0. The summed E-state index contributed by atoms with van der Waals surface area (Å²) >= 11 is 0. The third kappa shape index (κ3) is 4.32. The summed E-state index contributed by atoms with van der Waals surface area (Å²) in [7, 11) is -3.94. The van der Waals surface area contributed by atoms with Gasteiger partial charge in [0.15, 0.2) is 5.25 Å². The van der Waals surface area contributed by atoms with E-state index in [1.165, 1.54) is 0 Å². The molecule has 0 aromatic heterocycles. The van der Waals surface area contributed by atoms with Crippen LogP contribution in [0.1, 0.15) is 34.1 Å². The van der Waals surface area contributed by atoms with Crippen molar-refractivity contribution in [1.82, 2.24) is 4.72 Å². The number of carboxylic acids is 1. The molecule has 0 rings (SSSR count). The molecule has 0 radical (unpaired) electrons. The van der Waals surface area contributed by atoms with Gasteiger partial charge in [-0.15, -0.1) is 0 Å². The van der Waals surface area contributed by atoms with Crippen LogP contribution < -0.4 is 4.72 Å². The van der Waals surface area contributed by atoms with Crippen molar-refractivity contribution in [3.63, 3.8) is 0 Å². The SMILES string of the molecule is CCC(C#N)S(=O)(=O)N[C@H](C(=O)O)C(C)(C)C. The molecule has 0 aliphatic heterocycles. The second kappa shape index (κ2) is 5.47. The van der Waals surface area contributed by atoms with Crippen LogP contribution in [0.3, 0.4) is 0 Å². The second-order valence-electron chi connectivity index (χ2n) is 4.83. The zero-order chi connectivity index (χ0) is 13.9. The molecule has 0 spiro atoms. The summed E-state index contributed by atoms with van der Waals surface area (Å²) in [5.74, 6) is -1.26. The fraction of sp³-hybridized carbons (Fsp3) is 0.800. The first-order valence-electron chi connectivity index (χ1n) is 5.19. The first-order valence-corrected chi connectivity index (χ1v) is 6.74. The van der Waals surface area contributed by atoms with Crippen LogP contribution in [0.5, 0.6) is 0 Å². The van der Waals surface area contributed by atoms with Crippen molar-refractivity contribution < 1.29 is 18.3 Å². The number of sulfonamides is 1. The fourth-order valence-corrected chi connectivity index (χ4v) is 2.75. The highest BCUT2D eigenvalue weighted by Crippen LogP contribution is 2.21. The molecule has 0 amide bonds. The van der Waals surface area contributed by atoms with Crippen LogP contribution in [0, 0.1) is 16.7 Å². The topological polar surface area (TPSA) is 107 Å². The summed E-state index contributed by atoms with van der Waals surface area (Å²) in [6.45, 7) is 6.39. The van der Waals surface area contributed by atoms with Crippen molar-refractivity contribution in [2.75, 3.05) is 0 Å². The average Bonchev–Trinajstić information content (AvgIpc) is 2.13. The van der Waals surface area contributed by atoms with E-state index in [2.05, 4.69) is 4.72 Å². The number of nitrogens with one attached hydrogen (secondary N) is 1. The molecule has 6 nitrogen and oxygen atoms in total. The number of hydrogen-bond donors (Lipinski definition) is 2. The van der Waals surface area contributed by atoms with Crippen molar-refractivity contribution in [1.29, 1.82) is 5.26 Å². The summed E-state index contributed by atoms with van der Waals surface area (Å²) in [5.41, 5.74) is -0.771. The Bertz CT molecular complexity index is 417. The highest BCUT2D eigenvalue weighted by molar-refractivity contribution is 7.90. The molecule has 0 aromatic carbocycles.